The second-order valence-corrected chi connectivity index (χ2v) is 5.95. The van der Waals surface area contributed by atoms with E-state index in [-0.39, 0.29) is 6.10 Å². The molecule has 0 aromatic rings. The van der Waals surface area contributed by atoms with Gasteiger partial charge in [0.1, 0.15) is 0 Å². The van der Waals surface area contributed by atoms with Crippen LogP contribution < -0.4 is 0 Å². The third-order valence-electron chi connectivity index (χ3n) is 4.23. The molecule has 2 unspecified atom stereocenters. The zero-order valence-electron chi connectivity index (χ0n) is 12.4. The standard InChI is InChI=1S/C16H32O2/c1-3-5-6-7-8-9-10-11-16(17)12-13-18-15(4-2)14-16/h15,17H,3-14H2,1-2H3. The molecule has 108 valence electrons. The van der Waals surface area contributed by atoms with E-state index in [0.717, 1.165) is 32.3 Å². The van der Waals surface area contributed by atoms with Gasteiger partial charge in [-0.15, -0.1) is 0 Å². The Kier molecular flexibility index (Phi) is 7.92. The minimum atomic E-state index is -0.428. The van der Waals surface area contributed by atoms with Gasteiger partial charge in [-0.25, -0.2) is 0 Å². The minimum absolute atomic E-state index is 0.285. The highest BCUT2D eigenvalue weighted by Gasteiger charge is 2.33. The summed E-state index contributed by atoms with van der Waals surface area (Å²) < 4.78 is 5.63. The van der Waals surface area contributed by atoms with E-state index < -0.39 is 5.60 Å². The van der Waals surface area contributed by atoms with Gasteiger partial charge in [0.25, 0.3) is 0 Å². The Balaban J connectivity index is 2.06. The molecule has 0 radical (unpaired) electrons. The van der Waals surface area contributed by atoms with Crippen LogP contribution in [0.5, 0.6) is 0 Å². The predicted molar refractivity (Wildman–Crippen MR) is 76.8 cm³/mol. The molecule has 0 aliphatic carbocycles. The van der Waals surface area contributed by atoms with Crippen molar-refractivity contribution < 1.29 is 9.84 Å². The molecule has 1 saturated heterocycles. The molecule has 2 atom stereocenters. The summed E-state index contributed by atoms with van der Waals surface area (Å²) in [6.07, 6.45) is 13.2. The molecular formula is C16H32O2. The van der Waals surface area contributed by atoms with Crippen LogP contribution in [-0.4, -0.2) is 23.4 Å². The third-order valence-corrected chi connectivity index (χ3v) is 4.23. The van der Waals surface area contributed by atoms with Crippen molar-refractivity contribution >= 4 is 0 Å². The highest BCUT2D eigenvalue weighted by atomic mass is 16.5. The molecule has 1 heterocycles. The number of hydrogen-bond acceptors (Lipinski definition) is 2. The molecule has 2 heteroatoms. The largest absolute Gasteiger partial charge is 0.390 e. The molecule has 0 saturated carbocycles. The van der Waals surface area contributed by atoms with Crippen molar-refractivity contribution in [2.24, 2.45) is 0 Å². The molecule has 1 aliphatic rings. The van der Waals surface area contributed by atoms with Crippen LogP contribution in [0.3, 0.4) is 0 Å². The van der Waals surface area contributed by atoms with Gasteiger partial charge in [-0.3, -0.25) is 0 Å². The summed E-state index contributed by atoms with van der Waals surface area (Å²) in [4.78, 5) is 0. The fourth-order valence-corrected chi connectivity index (χ4v) is 2.90. The maximum absolute atomic E-state index is 10.5. The Morgan fingerprint density at radius 3 is 2.39 bits per heavy atom. The van der Waals surface area contributed by atoms with E-state index in [2.05, 4.69) is 13.8 Å². The van der Waals surface area contributed by atoms with Crippen LogP contribution in [0.4, 0.5) is 0 Å². The Bertz CT molecular complexity index is 205. The number of rotatable bonds is 9. The van der Waals surface area contributed by atoms with Crippen molar-refractivity contribution in [3.63, 3.8) is 0 Å². The van der Waals surface area contributed by atoms with Gasteiger partial charge in [0.15, 0.2) is 0 Å². The quantitative estimate of drug-likeness (QED) is 0.618. The summed E-state index contributed by atoms with van der Waals surface area (Å²) in [5.74, 6) is 0. The topological polar surface area (TPSA) is 29.5 Å². The van der Waals surface area contributed by atoms with Crippen LogP contribution in [0, 0.1) is 0 Å². The minimum Gasteiger partial charge on any atom is -0.390 e. The van der Waals surface area contributed by atoms with Gasteiger partial charge in [0.05, 0.1) is 11.7 Å². The molecular weight excluding hydrogens is 224 g/mol. The Morgan fingerprint density at radius 1 is 1.06 bits per heavy atom. The zero-order chi connectivity index (χ0) is 13.3. The van der Waals surface area contributed by atoms with Crippen LogP contribution in [-0.2, 0) is 4.74 Å². The van der Waals surface area contributed by atoms with Crippen molar-refractivity contribution in [3.05, 3.63) is 0 Å². The molecule has 0 bridgehead atoms. The van der Waals surface area contributed by atoms with Crippen LogP contribution >= 0.6 is 0 Å². The maximum atomic E-state index is 10.5. The number of unbranched alkanes of at least 4 members (excludes halogenated alkanes) is 6. The lowest BCUT2D eigenvalue weighted by molar-refractivity contribution is -0.108. The summed E-state index contributed by atoms with van der Waals surface area (Å²) in [5.41, 5.74) is -0.428. The Hall–Kier alpha value is -0.0800. The average molecular weight is 256 g/mol. The molecule has 0 amide bonds. The van der Waals surface area contributed by atoms with Gasteiger partial charge >= 0.3 is 0 Å². The normalized spacial score (nSPS) is 28.5. The smallest absolute Gasteiger partial charge is 0.0694 e. The monoisotopic (exact) mass is 256 g/mol. The van der Waals surface area contributed by atoms with Crippen molar-refractivity contribution in [3.8, 4) is 0 Å². The fourth-order valence-electron chi connectivity index (χ4n) is 2.90. The fraction of sp³-hybridized carbons (Fsp3) is 1.00. The van der Waals surface area contributed by atoms with E-state index in [9.17, 15) is 5.11 Å². The highest BCUT2D eigenvalue weighted by molar-refractivity contribution is 4.85. The van der Waals surface area contributed by atoms with E-state index in [1.165, 1.54) is 44.9 Å². The summed E-state index contributed by atoms with van der Waals surface area (Å²) in [7, 11) is 0. The van der Waals surface area contributed by atoms with E-state index in [1.54, 1.807) is 0 Å². The molecule has 1 rings (SSSR count). The molecule has 0 aromatic heterocycles. The summed E-state index contributed by atoms with van der Waals surface area (Å²) in [6, 6.07) is 0. The maximum Gasteiger partial charge on any atom is 0.0694 e. The lowest BCUT2D eigenvalue weighted by atomic mass is 9.85. The lowest BCUT2D eigenvalue weighted by Crippen LogP contribution is -2.40. The molecule has 0 spiro atoms. The van der Waals surface area contributed by atoms with Gasteiger partial charge in [-0.2, -0.15) is 0 Å². The average Bonchev–Trinajstić information content (AvgIpc) is 2.37. The number of aliphatic hydroxyl groups is 1. The second kappa shape index (κ2) is 8.92. The second-order valence-electron chi connectivity index (χ2n) is 5.95. The zero-order valence-corrected chi connectivity index (χ0v) is 12.4. The van der Waals surface area contributed by atoms with Gasteiger partial charge in [0, 0.05) is 13.0 Å². The van der Waals surface area contributed by atoms with Gasteiger partial charge < -0.3 is 9.84 Å². The summed E-state index contributed by atoms with van der Waals surface area (Å²) in [6.45, 7) is 5.14. The van der Waals surface area contributed by atoms with Crippen LogP contribution in [0.15, 0.2) is 0 Å². The van der Waals surface area contributed by atoms with E-state index in [1.807, 2.05) is 0 Å². The van der Waals surface area contributed by atoms with Crippen molar-refractivity contribution in [2.45, 2.75) is 96.2 Å². The molecule has 18 heavy (non-hydrogen) atoms. The molecule has 1 fully saturated rings. The first-order valence-electron chi connectivity index (χ1n) is 8.04. The van der Waals surface area contributed by atoms with Crippen molar-refractivity contribution in [1.29, 1.82) is 0 Å². The molecule has 1 aliphatic heterocycles. The highest BCUT2D eigenvalue weighted by Crippen LogP contribution is 2.31. The van der Waals surface area contributed by atoms with Crippen LogP contribution in [0.1, 0.15) is 84.5 Å². The summed E-state index contributed by atoms with van der Waals surface area (Å²) in [5, 5.41) is 10.5. The van der Waals surface area contributed by atoms with Gasteiger partial charge in [-0.1, -0.05) is 58.8 Å². The first-order valence-corrected chi connectivity index (χ1v) is 8.04. The number of hydrogen-bond donors (Lipinski definition) is 1. The Morgan fingerprint density at radius 2 is 1.72 bits per heavy atom. The SMILES string of the molecule is CCCCCCCCCC1(O)CCOC(CC)C1. The van der Waals surface area contributed by atoms with E-state index >= 15 is 0 Å². The van der Waals surface area contributed by atoms with Gasteiger partial charge in [-0.05, 0) is 19.3 Å². The lowest BCUT2D eigenvalue weighted by Gasteiger charge is -2.36. The summed E-state index contributed by atoms with van der Waals surface area (Å²) >= 11 is 0. The first-order chi connectivity index (χ1) is 8.70. The first kappa shape index (κ1) is 16.0. The van der Waals surface area contributed by atoms with Gasteiger partial charge in [0.2, 0.25) is 0 Å². The van der Waals surface area contributed by atoms with Crippen LogP contribution in [0.25, 0.3) is 0 Å². The predicted octanol–water partition coefficient (Wildman–Crippen LogP) is 4.45. The van der Waals surface area contributed by atoms with Crippen molar-refractivity contribution in [2.75, 3.05) is 6.61 Å². The molecule has 1 N–H and O–H groups in total. The third kappa shape index (κ3) is 6.19. The number of ether oxygens (including phenoxy) is 1. The van der Waals surface area contributed by atoms with Crippen LogP contribution in [0.2, 0.25) is 0 Å². The molecule has 0 aromatic carbocycles. The Labute approximate surface area is 113 Å². The van der Waals surface area contributed by atoms with E-state index in [4.69, 9.17) is 4.74 Å². The van der Waals surface area contributed by atoms with E-state index in [0.29, 0.717) is 0 Å². The van der Waals surface area contributed by atoms with Crippen molar-refractivity contribution in [1.82, 2.24) is 0 Å². The molecule has 2 nitrogen and oxygen atoms in total.